The number of H-pyrrole nitrogens is 1. The van der Waals surface area contributed by atoms with Gasteiger partial charge in [0.05, 0.1) is 11.1 Å². The normalized spacial score (nSPS) is 10.6. The van der Waals surface area contributed by atoms with Gasteiger partial charge in [-0.1, -0.05) is 36.4 Å². The Bertz CT molecular complexity index is 1330. The lowest BCUT2D eigenvalue weighted by atomic mass is 10.2. The summed E-state index contributed by atoms with van der Waals surface area (Å²) in [7, 11) is 0. The second-order valence-electron chi connectivity index (χ2n) is 6.96. The quantitative estimate of drug-likeness (QED) is 0.485. The third-order valence-corrected chi connectivity index (χ3v) is 5.10. The van der Waals surface area contributed by atoms with Crippen molar-refractivity contribution in [3.05, 3.63) is 77.1 Å². The van der Waals surface area contributed by atoms with Crippen LogP contribution in [0.1, 0.15) is 27.3 Å². The first-order chi connectivity index (χ1) is 15.0. The van der Waals surface area contributed by atoms with Crippen molar-refractivity contribution in [1.29, 1.82) is 5.26 Å². The second kappa shape index (κ2) is 8.16. The summed E-state index contributed by atoms with van der Waals surface area (Å²) in [4.78, 5) is 25.0. The van der Waals surface area contributed by atoms with E-state index in [1.165, 1.54) is 0 Å². The van der Waals surface area contributed by atoms with E-state index in [-0.39, 0.29) is 5.69 Å². The van der Waals surface area contributed by atoms with Crippen molar-refractivity contribution in [1.82, 2.24) is 14.8 Å². The van der Waals surface area contributed by atoms with Crippen LogP contribution in [0.5, 0.6) is 0 Å². The molecular formula is C23H19N5O3. The highest BCUT2D eigenvalue weighted by molar-refractivity contribution is 6.03. The zero-order chi connectivity index (χ0) is 22.0. The predicted octanol–water partition coefficient (Wildman–Crippen LogP) is 3.64. The average Bonchev–Trinajstić information content (AvgIpc) is 3.32. The Labute approximate surface area is 178 Å². The van der Waals surface area contributed by atoms with Gasteiger partial charge in [0, 0.05) is 16.8 Å². The number of hydrogen-bond acceptors (Lipinski definition) is 5. The van der Waals surface area contributed by atoms with Crippen LogP contribution in [0.2, 0.25) is 0 Å². The van der Waals surface area contributed by atoms with E-state index in [1.807, 2.05) is 50.2 Å². The van der Waals surface area contributed by atoms with Crippen molar-refractivity contribution < 1.29 is 14.3 Å². The molecule has 4 rings (SSSR count). The van der Waals surface area contributed by atoms with E-state index in [0.29, 0.717) is 22.3 Å². The number of aromatic nitrogens is 3. The Balaban J connectivity index is 1.54. The molecule has 2 aromatic heterocycles. The Hall–Kier alpha value is -4.38. The van der Waals surface area contributed by atoms with E-state index in [4.69, 9.17) is 4.74 Å². The molecule has 0 aliphatic heterocycles. The van der Waals surface area contributed by atoms with Gasteiger partial charge >= 0.3 is 5.97 Å². The number of anilines is 1. The number of fused-ring (bicyclic) bond motifs is 1. The van der Waals surface area contributed by atoms with Crippen LogP contribution < -0.4 is 5.32 Å². The van der Waals surface area contributed by atoms with Crippen LogP contribution in [0.25, 0.3) is 16.6 Å². The van der Waals surface area contributed by atoms with Gasteiger partial charge in [0.25, 0.3) is 5.91 Å². The smallest absolute Gasteiger partial charge is 0.359 e. The topological polar surface area (TPSA) is 113 Å². The molecule has 0 unspecified atom stereocenters. The zero-order valence-electron chi connectivity index (χ0n) is 17.0. The van der Waals surface area contributed by atoms with Gasteiger partial charge in [-0.2, -0.15) is 10.4 Å². The number of carbonyl (C=O) groups excluding carboxylic acids is 2. The first-order valence-corrected chi connectivity index (χ1v) is 9.58. The average molecular weight is 413 g/mol. The van der Waals surface area contributed by atoms with Crippen molar-refractivity contribution in [2.75, 3.05) is 11.9 Å². The third-order valence-electron chi connectivity index (χ3n) is 5.10. The summed E-state index contributed by atoms with van der Waals surface area (Å²) in [6, 6.07) is 18.7. The number of aromatic amines is 1. The first kappa shape index (κ1) is 19.9. The van der Waals surface area contributed by atoms with E-state index in [2.05, 4.69) is 21.6 Å². The van der Waals surface area contributed by atoms with Crippen LogP contribution in [-0.2, 0) is 9.53 Å². The molecule has 0 atom stereocenters. The van der Waals surface area contributed by atoms with Crippen molar-refractivity contribution in [2.45, 2.75) is 13.8 Å². The van der Waals surface area contributed by atoms with Crippen LogP contribution in [0, 0.1) is 25.2 Å². The van der Waals surface area contributed by atoms with E-state index < -0.39 is 18.5 Å². The number of benzene rings is 2. The van der Waals surface area contributed by atoms with Crippen LogP contribution in [0.4, 0.5) is 5.82 Å². The molecule has 0 saturated heterocycles. The van der Waals surface area contributed by atoms with Crippen molar-refractivity contribution >= 4 is 28.6 Å². The van der Waals surface area contributed by atoms with Gasteiger partial charge in [0.15, 0.2) is 12.3 Å². The summed E-state index contributed by atoms with van der Waals surface area (Å²) in [6.45, 7) is 3.19. The number of nitrogens with one attached hydrogen (secondary N) is 2. The van der Waals surface area contributed by atoms with Crippen molar-refractivity contribution in [2.24, 2.45) is 0 Å². The molecule has 8 heteroatoms. The van der Waals surface area contributed by atoms with Crippen LogP contribution in [-0.4, -0.2) is 33.2 Å². The number of para-hydroxylation sites is 2. The highest BCUT2D eigenvalue weighted by Crippen LogP contribution is 2.29. The summed E-state index contributed by atoms with van der Waals surface area (Å²) in [5.41, 5.74) is 3.57. The van der Waals surface area contributed by atoms with Gasteiger partial charge in [-0.3, -0.25) is 14.5 Å². The van der Waals surface area contributed by atoms with E-state index in [1.54, 1.807) is 22.8 Å². The lowest BCUT2D eigenvalue weighted by Gasteiger charge is -2.13. The maximum atomic E-state index is 12.6. The Morgan fingerprint density at radius 2 is 1.84 bits per heavy atom. The van der Waals surface area contributed by atoms with Gasteiger partial charge in [0.2, 0.25) is 0 Å². The summed E-state index contributed by atoms with van der Waals surface area (Å²) in [5, 5.41) is 19.7. The molecule has 0 aliphatic carbocycles. The Morgan fingerprint density at radius 1 is 1.13 bits per heavy atom. The molecule has 0 aliphatic rings. The van der Waals surface area contributed by atoms with Gasteiger partial charge < -0.3 is 10.1 Å². The maximum Gasteiger partial charge on any atom is 0.359 e. The van der Waals surface area contributed by atoms with Crippen LogP contribution in [0.3, 0.4) is 0 Å². The minimum atomic E-state index is -0.709. The largest absolute Gasteiger partial charge is 0.451 e. The summed E-state index contributed by atoms with van der Waals surface area (Å²) in [5.74, 6) is -0.923. The number of nitrogens with zero attached hydrogens (tertiary/aromatic N) is 3. The molecule has 31 heavy (non-hydrogen) atoms. The molecule has 0 radical (unpaired) electrons. The monoisotopic (exact) mass is 413 g/mol. The fourth-order valence-corrected chi connectivity index (χ4v) is 3.45. The number of nitriles is 1. The SMILES string of the molecule is Cc1c(C#N)c(NC(=O)COC(=O)c2n[nH]c3ccccc23)n(-c2ccccc2)c1C. The number of hydrogen-bond donors (Lipinski definition) is 2. The highest BCUT2D eigenvalue weighted by Gasteiger charge is 2.22. The molecular weight excluding hydrogens is 394 g/mol. The molecule has 2 N–H and O–H groups in total. The number of amides is 1. The third kappa shape index (κ3) is 3.65. The second-order valence-corrected chi connectivity index (χ2v) is 6.96. The van der Waals surface area contributed by atoms with E-state index in [0.717, 1.165) is 16.9 Å². The lowest BCUT2D eigenvalue weighted by molar-refractivity contribution is -0.119. The molecule has 0 spiro atoms. The standard InChI is InChI=1S/C23H19N5O3/c1-14-15(2)28(16-8-4-3-5-9-16)22(18(14)12-24)25-20(29)13-31-23(30)21-17-10-6-7-11-19(17)26-27-21/h3-11H,13H2,1-2H3,(H,25,29)(H,26,27). The minimum absolute atomic E-state index is 0.112. The number of carbonyl (C=O) groups is 2. The lowest BCUT2D eigenvalue weighted by Crippen LogP contribution is -2.23. The van der Waals surface area contributed by atoms with Gasteiger partial charge in [0.1, 0.15) is 11.9 Å². The highest BCUT2D eigenvalue weighted by atomic mass is 16.5. The first-order valence-electron chi connectivity index (χ1n) is 9.58. The zero-order valence-corrected chi connectivity index (χ0v) is 17.0. The molecule has 0 bridgehead atoms. The van der Waals surface area contributed by atoms with Gasteiger partial charge in [-0.25, -0.2) is 4.79 Å². The minimum Gasteiger partial charge on any atom is -0.451 e. The van der Waals surface area contributed by atoms with E-state index in [9.17, 15) is 14.9 Å². The summed E-state index contributed by atoms with van der Waals surface area (Å²) < 4.78 is 6.96. The van der Waals surface area contributed by atoms with Crippen molar-refractivity contribution in [3.8, 4) is 11.8 Å². The van der Waals surface area contributed by atoms with Gasteiger partial charge in [-0.05, 0) is 37.6 Å². The molecule has 1 amide bonds. The number of esters is 1. The molecule has 0 fully saturated rings. The van der Waals surface area contributed by atoms with Gasteiger partial charge in [-0.15, -0.1) is 0 Å². The molecule has 4 aromatic rings. The molecule has 8 nitrogen and oxygen atoms in total. The Morgan fingerprint density at radius 3 is 2.58 bits per heavy atom. The Kier molecular flexibility index (Phi) is 5.24. The maximum absolute atomic E-state index is 12.6. The summed E-state index contributed by atoms with van der Waals surface area (Å²) >= 11 is 0. The molecule has 2 heterocycles. The number of rotatable bonds is 5. The number of ether oxygens (including phenoxy) is 1. The molecule has 2 aromatic carbocycles. The summed E-state index contributed by atoms with van der Waals surface area (Å²) in [6.07, 6.45) is 0. The van der Waals surface area contributed by atoms with E-state index >= 15 is 0 Å². The van der Waals surface area contributed by atoms with Crippen molar-refractivity contribution in [3.63, 3.8) is 0 Å². The fraction of sp³-hybridized carbons (Fsp3) is 0.130. The van der Waals surface area contributed by atoms with Crippen LogP contribution in [0.15, 0.2) is 54.6 Å². The fourth-order valence-electron chi connectivity index (χ4n) is 3.45. The molecule has 154 valence electrons. The predicted molar refractivity (Wildman–Crippen MR) is 115 cm³/mol. The molecule has 0 saturated carbocycles. The van der Waals surface area contributed by atoms with Crippen LogP contribution >= 0.6 is 0 Å².